The minimum atomic E-state index is -0.159. The van der Waals surface area contributed by atoms with Gasteiger partial charge in [0.05, 0.1) is 5.41 Å². The number of hydrogen-bond donors (Lipinski definition) is 1. The summed E-state index contributed by atoms with van der Waals surface area (Å²) in [5.74, 6) is 1.35. The Balaban J connectivity index is 0.00000180. The first kappa shape index (κ1) is 18.4. The van der Waals surface area contributed by atoms with E-state index in [0.717, 1.165) is 48.6 Å². The van der Waals surface area contributed by atoms with Gasteiger partial charge in [0.15, 0.2) is 0 Å². The van der Waals surface area contributed by atoms with Crippen LogP contribution in [-0.4, -0.2) is 21.7 Å². The monoisotopic (exact) mass is 402 g/mol. The lowest BCUT2D eigenvalue weighted by molar-refractivity contribution is 0.360. The number of nitrogens with one attached hydrogen (secondary N) is 1. The van der Waals surface area contributed by atoms with Crippen LogP contribution in [0.15, 0.2) is 35.0 Å². The van der Waals surface area contributed by atoms with Gasteiger partial charge in [-0.1, -0.05) is 28.9 Å². The summed E-state index contributed by atoms with van der Waals surface area (Å²) in [6, 6.07) is 7.95. The second-order valence-corrected chi connectivity index (χ2v) is 7.60. The first-order valence-electron chi connectivity index (χ1n) is 8.96. The van der Waals surface area contributed by atoms with Crippen LogP contribution < -0.4 is 5.32 Å². The molecule has 0 radical (unpaired) electrons. The molecular weight excluding hydrogens is 383 g/mol. The molecule has 0 atom stereocenters. The third kappa shape index (κ3) is 3.04. The summed E-state index contributed by atoms with van der Waals surface area (Å²) in [6.45, 7) is 3.82. The third-order valence-corrected chi connectivity index (χ3v) is 5.79. The van der Waals surface area contributed by atoms with E-state index >= 15 is 0 Å². The smallest absolute Gasteiger partial charge is 0.237 e. The minimum Gasteiger partial charge on any atom is -0.338 e. The highest BCUT2D eigenvalue weighted by Crippen LogP contribution is 2.53. The van der Waals surface area contributed by atoms with E-state index in [1.54, 1.807) is 0 Å². The van der Waals surface area contributed by atoms with Crippen LogP contribution in [0.5, 0.6) is 0 Å². The normalized spacial score (nSPS) is 17.1. The lowest BCUT2D eigenvalue weighted by Crippen LogP contribution is -2.24. The van der Waals surface area contributed by atoms with Crippen molar-refractivity contribution < 1.29 is 4.52 Å². The number of halogens is 2. The predicted octanol–water partition coefficient (Wildman–Crippen LogP) is 4.24. The largest absolute Gasteiger partial charge is 0.338 e. The SMILES string of the molecule is Cc1ncc2c(c1-c1noc(C3(c4ccc(Cl)cc4)CC3)n1)CCNC2.Cl. The molecule has 5 nitrogen and oxygen atoms in total. The van der Waals surface area contributed by atoms with Crippen molar-refractivity contribution in [1.29, 1.82) is 0 Å². The van der Waals surface area contributed by atoms with E-state index < -0.39 is 0 Å². The molecule has 2 aromatic heterocycles. The Morgan fingerprint density at radius 1 is 1.19 bits per heavy atom. The maximum Gasteiger partial charge on any atom is 0.237 e. The fourth-order valence-corrected chi connectivity index (χ4v) is 4.03. The lowest BCUT2D eigenvalue weighted by atomic mass is 9.95. The number of nitrogens with zero attached hydrogens (tertiary/aromatic N) is 3. The molecule has 1 N–H and O–H groups in total. The number of aromatic nitrogens is 3. The molecule has 0 bridgehead atoms. The van der Waals surface area contributed by atoms with Gasteiger partial charge in [-0.05, 0) is 61.6 Å². The van der Waals surface area contributed by atoms with E-state index in [2.05, 4.69) is 27.6 Å². The molecule has 1 saturated carbocycles. The second kappa shape index (κ2) is 6.89. The van der Waals surface area contributed by atoms with Gasteiger partial charge < -0.3 is 9.84 Å². The van der Waals surface area contributed by atoms with E-state index in [0.29, 0.717) is 11.7 Å². The van der Waals surface area contributed by atoms with Gasteiger partial charge in [-0.3, -0.25) is 4.98 Å². The topological polar surface area (TPSA) is 63.8 Å². The molecule has 1 fully saturated rings. The maximum absolute atomic E-state index is 6.03. The van der Waals surface area contributed by atoms with Crippen LogP contribution >= 0.6 is 24.0 Å². The summed E-state index contributed by atoms with van der Waals surface area (Å²) in [7, 11) is 0. The average molecular weight is 403 g/mol. The van der Waals surface area contributed by atoms with Gasteiger partial charge in [0.25, 0.3) is 0 Å². The van der Waals surface area contributed by atoms with Crippen LogP contribution in [-0.2, 0) is 18.4 Å². The van der Waals surface area contributed by atoms with E-state index in [1.807, 2.05) is 25.3 Å². The summed E-state index contributed by atoms with van der Waals surface area (Å²) in [6.07, 6.45) is 4.95. The summed E-state index contributed by atoms with van der Waals surface area (Å²) < 4.78 is 5.74. The second-order valence-electron chi connectivity index (χ2n) is 7.16. The fraction of sp³-hybridized carbons (Fsp3) is 0.350. The lowest BCUT2D eigenvalue weighted by Gasteiger charge is -2.19. The maximum atomic E-state index is 6.03. The Morgan fingerprint density at radius 2 is 1.96 bits per heavy atom. The van der Waals surface area contributed by atoms with Crippen molar-refractivity contribution >= 4 is 24.0 Å². The van der Waals surface area contributed by atoms with Crippen molar-refractivity contribution in [3.05, 3.63) is 63.8 Å². The summed E-state index contributed by atoms with van der Waals surface area (Å²) in [5.41, 5.74) is 5.53. The Bertz CT molecular complexity index is 980. The zero-order valence-electron chi connectivity index (χ0n) is 15.0. The van der Waals surface area contributed by atoms with Crippen molar-refractivity contribution in [2.24, 2.45) is 0 Å². The van der Waals surface area contributed by atoms with Gasteiger partial charge >= 0.3 is 0 Å². The van der Waals surface area contributed by atoms with Gasteiger partial charge in [0, 0.05) is 29.0 Å². The highest BCUT2D eigenvalue weighted by molar-refractivity contribution is 6.30. The molecule has 1 aliphatic heterocycles. The van der Waals surface area contributed by atoms with Crippen LogP contribution in [0, 0.1) is 6.92 Å². The van der Waals surface area contributed by atoms with Crippen molar-refractivity contribution in [3.8, 4) is 11.4 Å². The Hall–Kier alpha value is -1.95. The van der Waals surface area contributed by atoms with E-state index in [4.69, 9.17) is 21.1 Å². The van der Waals surface area contributed by atoms with E-state index in [9.17, 15) is 0 Å². The van der Waals surface area contributed by atoms with Gasteiger partial charge in [0.1, 0.15) is 0 Å². The van der Waals surface area contributed by atoms with Gasteiger partial charge in [0.2, 0.25) is 11.7 Å². The zero-order chi connectivity index (χ0) is 17.7. The highest BCUT2D eigenvalue weighted by Gasteiger charge is 2.51. The number of fused-ring (bicyclic) bond motifs is 1. The molecule has 3 aromatic rings. The van der Waals surface area contributed by atoms with Crippen LogP contribution in [0.1, 0.15) is 41.1 Å². The van der Waals surface area contributed by atoms with Crippen molar-refractivity contribution in [1.82, 2.24) is 20.4 Å². The Labute approximate surface area is 168 Å². The van der Waals surface area contributed by atoms with Gasteiger partial charge in [-0.15, -0.1) is 12.4 Å². The molecule has 7 heteroatoms. The number of pyridine rings is 1. The van der Waals surface area contributed by atoms with Crippen molar-refractivity contribution in [3.63, 3.8) is 0 Å². The fourth-order valence-electron chi connectivity index (χ4n) is 3.91. The molecule has 1 aliphatic carbocycles. The summed E-state index contributed by atoms with van der Waals surface area (Å²) in [4.78, 5) is 9.36. The Morgan fingerprint density at radius 3 is 2.70 bits per heavy atom. The van der Waals surface area contributed by atoms with Gasteiger partial charge in [-0.25, -0.2) is 0 Å². The van der Waals surface area contributed by atoms with Gasteiger partial charge in [-0.2, -0.15) is 4.98 Å². The quantitative estimate of drug-likeness (QED) is 0.709. The predicted molar refractivity (Wildman–Crippen MR) is 106 cm³/mol. The Kier molecular flexibility index (Phi) is 4.70. The standard InChI is InChI=1S/C20H19ClN4O.ClH/c1-12-17(16-6-9-22-10-13(16)11-23-12)18-24-19(26-25-18)20(7-8-20)14-2-4-15(21)5-3-14;/h2-5,11,22H,6-10H2,1H3;1H. The number of aryl methyl sites for hydroxylation is 1. The molecule has 0 amide bonds. The molecule has 3 heterocycles. The molecule has 27 heavy (non-hydrogen) atoms. The summed E-state index contributed by atoms with van der Waals surface area (Å²) >= 11 is 6.03. The zero-order valence-corrected chi connectivity index (χ0v) is 16.5. The van der Waals surface area contributed by atoms with Crippen LogP contribution in [0.2, 0.25) is 5.02 Å². The first-order chi connectivity index (χ1) is 12.7. The highest BCUT2D eigenvalue weighted by atomic mass is 35.5. The average Bonchev–Trinajstić information content (AvgIpc) is 3.33. The number of hydrogen-bond acceptors (Lipinski definition) is 5. The molecule has 140 valence electrons. The van der Waals surface area contributed by atoms with E-state index in [-0.39, 0.29) is 17.8 Å². The first-order valence-corrected chi connectivity index (χ1v) is 9.34. The number of benzene rings is 1. The van der Waals surface area contributed by atoms with Crippen LogP contribution in [0.25, 0.3) is 11.4 Å². The molecule has 1 aromatic carbocycles. The third-order valence-electron chi connectivity index (χ3n) is 5.54. The van der Waals surface area contributed by atoms with Crippen molar-refractivity contribution in [2.75, 3.05) is 6.54 Å². The van der Waals surface area contributed by atoms with E-state index in [1.165, 1.54) is 16.7 Å². The van der Waals surface area contributed by atoms with Crippen LogP contribution in [0.4, 0.5) is 0 Å². The van der Waals surface area contributed by atoms with Crippen LogP contribution in [0.3, 0.4) is 0 Å². The summed E-state index contributed by atoms with van der Waals surface area (Å²) in [5, 5.41) is 8.46. The van der Waals surface area contributed by atoms with Crippen molar-refractivity contribution in [2.45, 2.75) is 38.1 Å². The minimum absolute atomic E-state index is 0. The molecule has 2 aliphatic rings. The number of rotatable bonds is 3. The molecule has 0 saturated heterocycles. The molecular formula is C20H20Cl2N4O. The molecule has 5 rings (SSSR count). The molecule has 0 unspecified atom stereocenters. The molecule has 0 spiro atoms.